The Morgan fingerprint density at radius 2 is 1.74 bits per heavy atom. The Balaban J connectivity index is 1.68. The van der Waals surface area contributed by atoms with E-state index in [1.165, 1.54) is 11.8 Å². The van der Waals surface area contributed by atoms with Crippen LogP contribution < -0.4 is 9.64 Å². The lowest BCUT2D eigenvalue weighted by molar-refractivity contribution is -0.132. The van der Waals surface area contributed by atoms with Crippen molar-refractivity contribution in [2.24, 2.45) is 23.7 Å². The molecule has 1 saturated heterocycles. The Bertz CT molecular complexity index is 736. The van der Waals surface area contributed by atoms with E-state index >= 15 is 0 Å². The number of hydrogen-bond donors (Lipinski definition) is 0. The first-order valence-corrected chi connectivity index (χ1v) is 7.82. The van der Waals surface area contributed by atoms with Gasteiger partial charge in [0.25, 0.3) is 0 Å². The van der Waals surface area contributed by atoms with Crippen molar-refractivity contribution in [1.29, 1.82) is 0 Å². The first-order valence-electron chi connectivity index (χ1n) is 7.82. The monoisotopic (exact) mass is 311 g/mol. The quantitative estimate of drug-likeness (QED) is 0.364. The minimum absolute atomic E-state index is 0.0970. The first kappa shape index (κ1) is 14.2. The van der Waals surface area contributed by atoms with Crippen LogP contribution in [0.15, 0.2) is 30.4 Å². The maximum atomic E-state index is 12.8. The second-order valence-electron chi connectivity index (χ2n) is 6.55. The topological polar surface area (TPSA) is 63.7 Å². The van der Waals surface area contributed by atoms with E-state index in [-0.39, 0.29) is 35.5 Å². The number of nitrogens with zero attached hydrogens (tertiary/aromatic N) is 1. The van der Waals surface area contributed by atoms with Crippen LogP contribution >= 0.6 is 0 Å². The van der Waals surface area contributed by atoms with Gasteiger partial charge < -0.3 is 4.74 Å². The van der Waals surface area contributed by atoms with Crippen molar-refractivity contribution in [2.75, 3.05) is 4.90 Å². The lowest BCUT2D eigenvalue weighted by Crippen LogP contribution is -2.33. The summed E-state index contributed by atoms with van der Waals surface area (Å²) in [6.45, 7) is 3.14. The van der Waals surface area contributed by atoms with Crippen LogP contribution in [0.25, 0.3) is 0 Å². The molecule has 2 aliphatic carbocycles. The molecule has 4 rings (SSSR count). The molecule has 0 N–H and O–H groups in total. The number of hydrogen-bond acceptors (Lipinski definition) is 4. The fourth-order valence-corrected chi connectivity index (χ4v) is 4.25. The van der Waals surface area contributed by atoms with Crippen molar-refractivity contribution in [3.63, 3.8) is 0 Å². The van der Waals surface area contributed by atoms with E-state index in [1.807, 2.05) is 6.92 Å². The Morgan fingerprint density at radius 3 is 2.26 bits per heavy atom. The molecule has 1 aromatic rings. The van der Waals surface area contributed by atoms with E-state index in [0.717, 1.165) is 12.0 Å². The standard InChI is InChI=1S/C18H17NO4/c1-9-7-13(23-10(2)20)5-6-14(9)19-17(21)15-11-3-4-12(8-11)16(15)18(19)22/h3-7,11-12,15-16H,8H2,1-2H3/t11-,12+,15-,16+. The Kier molecular flexibility index (Phi) is 2.95. The highest BCUT2D eigenvalue weighted by Gasteiger charge is 2.59. The highest BCUT2D eigenvalue weighted by atomic mass is 16.5. The lowest BCUT2D eigenvalue weighted by Gasteiger charge is -2.19. The van der Waals surface area contributed by atoms with Gasteiger partial charge in [0.1, 0.15) is 5.75 Å². The van der Waals surface area contributed by atoms with Gasteiger partial charge in [-0.2, -0.15) is 0 Å². The fraction of sp³-hybridized carbons (Fsp3) is 0.389. The molecule has 1 heterocycles. The number of ether oxygens (including phenoxy) is 1. The molecule has 0 spiro atoms. The van der Waals surface area contributed by atoms with Gasteiger partial charge in [-0.05, 0) is 48.9 Å². The molecule has 23 heavy (non-hydrogen) atoms. The highest BCUT2D eigenvalue weighted by Crippen LogP contribution is 2.53. The van der Waals surface area contributed by atoms with Crippen LogP contribution in [0.3, 0.4) is 0 Å². The SMILES string of the molecule is CC(=O)Oc1ccc(N2C(=O)[C@@H]3[C@H](C2=O)[C@@H]2C=C[C@H]3C2)c(C)c1. The van der Waals surface area contributed by atoms with E-state index in [2.05, 4.69) is 12.2 Å². The fourth-order valence-electron chi connectivity index (χ4n) is 4.25. The number of imide groups is 1. The summed E-state index contributed by atoms with van der Waals surface area (Å²) in [7, 11) is 0. The molecule has 1 aromatic carbocycles. The molecule has 3 aliphatic rings. The second kappa shape index (κ2) is 4.78. The van der Waals surface area contributed by atoms with Gasteiger partial charge in [0.15, 0.2) is 0 Å². The van der Waals surface area contributed by atoms with Crippen molar-refractivity contribution in [2.45, 2.75) is 20.3 Å². The van der Waals surface area contributed by atoms with Gasteiger partial charge >= 0.3 is 5.97 Å². The molecule has 1 saturated carbocycles. The molecule has 5 nitrogen and oxygen atoms in total. The van der Waals surface area contributed by atoms with Gasteiger partial charge in [-0.1, -0.05) is 12.2 Å². The molecule has 2 amide bonds. The van der Waals surface area contributed by atoms with Gasteiger partial charge in [0.2, 0.25) is 11.8 Å². The molecule has 2 bridgehead atoms. The van der Waals surface area contributed by atoms with E-state index in [1.54, 1.807) is 18.2 Å². The number of benzene rings is 1. The van der Waals surface area contributed by atoms with Crippen molar-refractivity contribution >= 4 is 23.5 Å². The molecule has 0 unspecified atom stereocenters. The summed E-state index contributed by atoms with van der Waals surface area (Å²) in [5.74, 6) is -0.183. The van der Waals surface area contributed by atoms with Crippen molar-refractivity contribution in [1.82, 2.24) is 0 Å². The Hall–Kier alpha value is -2.43. The van der Waals surface area contributed by atoms with Gasteiger partial charge in [-0.25, -0.2) is 4.90 Å². The van der Waals surface area contributed by atoms with Crippen LogP contribution in [0.5, 0.6) is 5.75 Å². The number of carbonyl (C=O) groups is 3. The number of rotatable bonds is 2. The van der Waals surface area contributed by atoms with Crippen LogP contribution in [0.4, 0.5) is 5.69 Å². The summed E-state index contributed by atoms with van der Waals surface area (Å²) in [4.78, 5) is 37.9. The van der Waals surface area contributed by atoms with Crippen LogP contribution in [-0.2, 0) is 14.4 Å². The van der Waals surface area contributed by atoms with E-state index < -0.39 is 5.97 Å². The summed E-state index contributed by atoms with van der Waals surface area (Å²) in [6.07, 6.45) is 5.08. The summed E-state index contributed by atoms with van der Waals surface area (Å²) in [6, 6.07) is 4.98. The third-order valence-corrected chi connectivity index (χ3v) is 5.14. The summed E-state index contributed by atoms with van der Waals surface area (Å²) < 4.78 is 5.05. The number of allylic oxidation sites excluding steroid dienone is 2. The molecule has 0 aromatic heterocycles. The van der Waals surface area contributed by atoms with Gasteiger partial charge in [0.05, 0.1) is 17.5 Å². The third-order valence-electron chi connectivity index (χ3n) is 5.14. The second-order valence-corrected chi connectivity index (χ2v) is 6.55. The molecule has 118 valence electrons. The van der Waals surface area contributed by atoms with Crippen LogP contribution in [0.1, 0.15) is 18.9 Å². The van der Waals surface area contributed by atoms with E-state index in [9.17, 15) is 14.4 Å². The van der Waals surface area contributed by atoms with Crippen molar-refractivity contribution < 1.29 is 19.1 Å². The summed E-state index contributed by atoms with van der Waals surface area (Å²) in [5.41, 5.74) is 1.33. The average molecular weight is 311 g/mol. The minimum atomic E-state index is -0.400. The molecular weight excluding hydrogens is 294 g/mol. The first-order chi connectivity index (χ1) is 11.0. The van der Waals surface area contributed by atoms with Gasteiger partial charge in [-0.15, -0.1) is 0 Å². The van der Waals surface area contributed by atoms with Crippen LogP contribution in [-0.4, -0.2) is 17.8 Å². The molecule has 2 fully saturated rings. The molecule has 4 atom stereocenters. The number of amides is 2. The number of aryl methyl sites for hydroxylation is 1. The Morgan fingerprint density at radius 1 is 1.13 bits per heavy atom. The predicted molar refractivity (Wildman–Crippen MR) is 82.7 cm³/mol. The number of anilines is 1. The van der Waals surface area contributed by atoms with Gasteiger partial charge in [0, 0.05) is 6.92 Å². The zero-order valence-corrected chi connectivity index (χ0v) is 13.0. The largest absolute Gasteiger partial charge is 0.427 e. The van der Waals surface area contributed by atoms with E-state index in [0.29, 0.717) is 11.4 Å². The highest BCUT2D eigenvalue weighted by molar-refractivity contribution is 6.23. The normalized spacial score (nSPS) is 31.0. The van der Waals surface area contributed by atoms with Gasteiger partial charge in [-0.3, -0.25) is 14.4 Å². The smallest absolute Gasteiger partial charge is 0.308 e. The minimum Gasteiger partial charge on any atom is -0.427 e. The molecular formula is C18H17NO4. The molecule has 5 heteroatoms. The maximum Gasteiger partial charge on any atom is 0.308 e. The maximum absolute atomic E-state index is 12.8. The number of esters is 1. The van der Waals surface area contributed by atoms with Crippen molar-refractivity contribution in [3.8, 4) is 5.75 Å². The number of fused-ring (bicyclic) bond motifs is 5. The van der Waals surface area contributed by atoms with Crippen molar-refractivity contribution in [3.05, 3.63) is 35.9 Å². The summed E-state index contributed by atoms with van der Waals surface area (Å²) in [5, 5.41) is 0. The lowest BCUT2D eigenvalue weighted by atomic mass is 9.85. The average Bonchev–Trinajstić information content (AvgIpc) is 3.14. The molecule has 1 aliphatic heterocycles. The van der Waals surface area contributed by atoms with Crippen LogP contribution in [0, 0.1) is 30.6 Å². The van der Waals surface area contributed by atoms with E-state index in [4.69, 9.17) is 4.74 Å². The number of carbonyl (C=O) groups excluding carboxylic acids is 3. The predicted octanol–water partition coefficient (Wildman–Crippen LogP) is 2.23. The summed E-state index contributed by atoms with van der Waals surface area (Å²) >= 11 is 0. The third kappa shape index (κ3) is 1.96. The zero-order valence-electron chi connectivity index (χ0n) is 13.0. The molecule has 0 radical (unpaired) electrons. The van der Waals surface area contributed by atoms with Crippen LogP contribution in [0.2, 0.25) is 0 Å². The Labute approximate surface area is 133 Å². The zero-order chi connectivity index (χ0) is 16.3.